The number of nitrogens with zero attached hydrogens (tertiary/aromatic N) is 2. The average Bonchev–Trinajstić information content (AvgIpc) is 2.80. The molecule has 0 radical (unpaired) electrons. The average molecular weight is 546 g/mol. The van der Waals surface area contributed by atoms with Gasteiger partial charge in [-0.25, -0.2) is 18.2 Å². The van der Waals surface area contributed by atoms with E-state index in [1.54, 1.807) is 37.3 Å². The number of anilines is 1. The van der Waals surface area contributed by atoms with Crippen molar-refractivity contribution < 1.29 is 22.7 Å². The highest BCUT2D eigenvalue weighted by molar-refractivity contribution is 7.98. The maximum atomic E-state index is 12.6. The van der Waals surface area contributed by atoms with E-state index < -0.39 is 27.8 Å². The van der Waals surface area contributed by atoms with Crippen molar-refractivity contribution >= 4 is 62.7 Å². The second-order valence-corrected chi connectivity index (χ2v) is 11.0. The molecular weight excluding hydrogens is 521 g/mol. The lowest BCUT2D eigenvalue weighted by Gasteiger charge is -2.32. The third kappa shape index (κ3) is 6.78. The van der Waals surface area contributed by atoms with Gasteiger partial charge in [0.25, 0.3) is 0 Å². The summed E-state index contributed by atoms with van der Waals surface area (Å²) in [6, 6.07) is 7.97. The van der Waals surface area contributed by atoms with Gasteiger partial charge in [-0.2, -0.15) is 0 Å². The van der Waals surface area contributed by atoms with Crippen LogP contribution in [0.25, 0.3) is 0 Å². The molecule has 12 heteroatoms. The van der Waals surface area contributed by atoms with Crippen LogP contribution in [0.15, 0.2) is 35.4 Å². The molecule has 1 N–H and O–H groups in total. The van der Waals surface area contributed by atoms with E-state index in [0.29, 0.717) is 57.9 Å². The number of thioether (sulfide) groups is 1. The van der Waals surface area contributed by atoms with E-state index in [4.69, 9.17) is 27.9 Å². The predicted octanol–water partition coefficient (Wildman–Crippen LogP) is 4.15. The maximum absolute atomic E-state index is 12.6. The lowest BCUT2D eigenvalue weighted by molar-refractivity contribution is -0.123. The van der Waals surface area contributed by atoms with Crippen molar-refractivity contribution in [2.75, 3.05) is 30.9 Å². The summed E-state index contributed by atoms with van der Waals surface area (Å²) in [4.78, 5) is 31.3. The number of carbonyl (C=O) groups is 2. The number of esters is 1. The standard InChI is InChI=1S/C22H25Cl2N3O5S2/c1-3-32-22(29)17-12-18(24)19(25-21(17)33-2)27-10-8-15(9-11-27)20(28)26-34(30,31)13-14-4-6-16(23)7-5-14/h4-7,12,15H,3,8-11,13H2,1-2H3,(H,26,28). The van der Waals surface area contributed by atoms with E-state index in [-0.39, 0.29) is 12.4 Å². The fraction of sp³-hybridized carbons (Fsp3) is 0.409. The van der Waals surface area contributed by atoms with Gasteiger partial charge in [0.15, 0.2) is 0 Å². The Morgan fingerprint density at radius 3 is 2.44 bits per heavy atom. The molecule has 1 aromatic heterocycles. The lowest BCUT2D eigenvalue weighted by Crippen LogP contribution is -2.43. The number of pyridine rings is 1. The number of nitrogens with one attached hydrogen (secondary N) is 1. The number of sulfonamides is 1. The molecule has 0 unspecified atom stereocenters. The van der Waals surface area contributed by atoms with Crippen LogP contribution in [0.1, 0.15) is 35.7 Å². The molecule has 8 nitrogen and oxygen atoms in total. The number of halogens is 2. The Bertz CT molecular complexity index is 1150. The molecule has 2 heterocycles. The van der Waals surface area contributed by atoms with Gasteiger partial charge in [-0.05, 0) is 49.8 Å². The normalized spacial score (nSPS) is 14.6. The highest BCUT2D eigenvalue weighted by atomic mass is 35.5. The molecule has 3 rings (SSSR count). The first kappa shape index (κ1) is 26.6. The van der Waals surface area contributed by atoms with Crippen molar-refractivity contribution in [3.63, 3.8) is 0 Å². The number of ether oxygens (including phenoxy) is 1. The topological polar surface area (TPSA) is 106 Å². The van der Waals surface area contributed by atoms with Gasteiger partial charge in [-0.15, -0.1) is 11.8 Å². The molecule has 0 saturated carbocycles. The van der Waals surface area contributed by atoms with Gasteiger partial charge in [0, 0.05) is 24.0 Å². The predicted molar refractivity (Wildman–Crippen MR) is 134 cm³/mol. The van der Waals surface area contributed by atoms with Crippen molar-refractivity contribution in [3.05, 3.63) is 51.5 Å². The fourth-order valence-electron chi connectivity index (χ4n) is 3.62. The van der Waals surface area contributed by atoms with E-state index in [9.17, 15) is 18.0 Å². The SMILES string of the molecule is CCOC(=O)c1cc(Cl)c(N2CCC(C(=O)NS(=O)(=O)Cc3ccc(Cl)cc3)CC2)nc1SC. The minimum atomic E-state index is -3.83. The number of benzene rings is 1. The number of rotatable bonds is 8. The number of aromatic nitrogens is 1. The van der Waals surface area contributed by atoms with Crippen LogP contribution in [0, 0.1) is 5.92 Å². The van der Waals surface area contributed by atoms with Gasteiger partial charge in [-0.1, -0.05) is 35.3 Å². The van der Waals surface area contributed by atoms with Gasteiger partial charge in [-0.3, -0.25) is 9.52 Å². The molecule has 1 aliphatic heterocycles. The quantitative estimate of drug-likeness (QED) is 0.389. The first-order valence-corrected chi connectivity index (χ1v) is 14.2. The Morgan fingerprint density at radius 1 is 1.21 bits per heavy atom. The molecule has 1 aromatic carbocycles. The van der Waals surface area contributed by atoms with Crippen molar-refractivity contribution in [1.82, 2.24) is 9.71 Å². The first-order valence-electron chi connectivity index (χ1n) is 10.6. The third-order valence-electron chi connectivity index (χ3n) is 5.30. The Morgan fingerprint density at radius 2 is 1.85 bits per heavy atom. The number of hydrogen-bond acceptors (Lipinski definition) is 8. The highest BCUT2D eigenvalue weighted by Crippen LogP contribution is 2.33. The van der Waals surface area contributed by atoms with Gasteiger partial charge in [0.05, 0.1) is 22.9 Å². The van der Waals surface area contributed by atoms with E-state index >= 15 is 0 Å². The van der Waals surface area contributed by atoms with Crippen molar-refractivity contribution in [3.8, 4) is 0 Å². The summed E-state index contributed by atoms with van der Waals surface area (Å²) in [7, 11) is -3.83. The van der Waals surface area contributed by atoms with Crippen molar-refractivity contribution in [2.45, 2.75) is 30.5 Å². The maximum Gasteiger partial charge on any atom is 0.340 e. The second-order valence-electron chi connectivity index (χ2n) is 7.68. The van der Waals surface area contributed by atoms with Crippen LogP contribution in [-0.4, -0.2) is 51.2 Å². The molecule has 1 amide bonds. The summed E-state index contributed by atoms with van der Waals surface area (Å²) < 4.78 is 32.1. The molecule has 0 aliphatic carbocycles. The largest absolute Gasteiger partial charge is 0.462 e. The van der Waals surface area contributed by atoms with Crippen LogP contribution in [-0.2, 0) is 25.3 Å². The summed E-state index contributed by atoms with van der Waals surface area (Å²) in [5, 5.41) is 1.33. The number of carbonyl (C=O) groups excluding carboxylic acids is 2. The summed E-state index contributed by atoms with van der Waals surface area (Å²) in [6.45, 7) is 2.91. The fourth-order valence-corrected chi connectivity index (χ4v) is 5.73. The van der Waals surface area contributed by atoms with E-state index in [1.165, 1.54) is 11.8 Å². The summed E-state index contributed by atoms with van der Waals surface area (Å²) in [6.07, 6.45) is 2.69. The molecule has 0 atom stereocenters. The van der Waals surface area contributed by atoms with E-state index in [1.807, 2.05) is 11.2 Å². The molecule has 184 valence electrons. The molecule has 1 aliphatic rings. The summed E-state index contributed by atoms with van der Waals surface area (Å²) in [5.41, 5.74) is 0.847. The van der Waals surface area contributed by atoms with Crippen LogP contribution >= 0.6 is 35.0 Å². The number of amides is 1. The Labute approximate surface area is 213 Å². The van der Waals surface area contributed by atoms with Gasteiger partial charge < -0.3 is 9.64 Å². The van der Waals surface area contributed by atoms with Crippen molar-refractivity contribution in [1.29, 1.82) is 0 Å². The number of piperidine rings is 1. The minimum absolute atomic E-state index is 0.247. The molecule has 34 heavy (non-hydrogen) atoms. The highest BCUT2D eigenvalue weighted by Gasteiger charge is 2.30. The molecular formula is C22H25Cl2N3O5S2. The van der Waals surface area contributed by atoms with Crippen molar-refractivity contribution in [2.24, 2.45) is 5.92 Å². The van der Waals surface area contributed by atoms with Crippen LogP contribution < -0.4 is 9.62 Å². The molecule has 1 fully saturated rings. The zero-order chi connectivity index (χ0) is 24.9. The minimum Gasteiger partial charge on any atom is -0.462 e. The monoisotopic (exact) mass is 545 g/mol. The van der Waals surface area contributed by atoms with E-state index in [0.717, 1.165) is 0 Å². The lowest BCUT2D eigenvalue weighted by atomic mass is 9.96. The van der Waals surface area contributed by atoms with E-state index in [2.05, 4.69) is 9.71 Å². The number of hydrogen-bond donors (Lipinski definition) is 1. The van der Waals surface area contributed by atoms with Gasteiger partial charge in [0.2, 0.25) is 15.9 Å². The second kappa shape index (κ2) is 11.6. The molecule has 0 bridgehead atoms. The van der Waals surface area contributed by atoms with Crippen LogP contribution in [0.2, 0.25) is 10.0 Å². The Kier molecular flexibility index (Phi) is 9.08. The summed E-state index contributed by atoms with van der Waals surface area (Å²) in [5.74, 6) is -1.24. The third-order valence-corrected chi connectivity index (χ3v) is 7.76. The first-order chi connectivity index (χ1) is 16.1. The zero-order valence-corrected chi connectivity index (χ0v) is 21.9. The van der Waals surface area contributed by atoms with Gasteiger partial charge in [0.1, 0.15) is 10.8 Å². The van der Waals surface area contributed by atoms with Crippen LogP contribution in [0.5, 0.6) is 0 Å². The van der Waals surface area contributed by atoms with Crippen LogP contribution in [0.3, 0.4) is 0 Å². The summed E-state index contributed by atoms with van der Waals surface area (Å²) >= 11 is 13.6. The van der Waals surface area contributed by atoms with Crippen LogP contribution in [0.4, 0.5) is 5.82 Å². The van der Waals surface area contributed by atoms with Gasteiger partial charge >= 0.3 is 5.97 Å². The Hall–Kier alpha value is -2.01. The molecule has 2 aromatic rings. The molecule has 1 saturated heterocycles. The molecule has 0 spiro atoms. The Balaban J connectivity index is 1.62. The zero-order valence-electron chi connectivity index (χ0n) is 18.7. The smallest absolute Gasteiger partial charge is 0.340 e.